The molecule has 26 heavy (non-hydrogen) atoms. The highest BCUT2D eigenvalue weighted by atomic mass is 19.1. The molecule has 0 aromatic heterocycles. The van der Waals surface area contributed by atoms with Crippen molar-refractivity contribution in [2.24, 2.45) is 5.92 Å². The zero-order valence-electron chi connectivity index (χ0n) is 14.9. The number of hydrogen-bond acceptors (Lipinski definition) is 3. The number of carbonyl (C=O) groups is 2. The fourth-order valence-electron chi connectivity index (χ4n) is 3.33. The standard InChI is InChI=1S/C21H22FNO3/c1-3-13(2)19(20(22)24)23-21(25)26-12-15-8-6-10-17-16-9-5-4-7-14(16)11-18(15)17/h4-10,13,19H,3,11-12H2,1-2H3,(H,23,25)/t13-,19-/m0/s1. The molecular weight excluding hydrogens is 333 g/mol. The van der Waals surface area contributed by atoms with E-state index < -0.39 is 18.2 Å². The minimum absolute atomic E-state index is 0.0801. The van der Waals surface area contributed by atoms with Crippen LogP contribution in [0.5, 0.6) is 0 Å². The number of benzene rings is 2. The van der Waals surface area contributed by atoms with Crippen molar-refractivity contribution < 1.29 is 18.7 Å². The molecule has 0 radical (unpaired) electrons. The van der Waals surface area contributed by atoms with E-state index in [1.54, 1.807) is 6.92 Å². The zero-order chi connectivity index (χ0) is 18.7. The Morgan fingerprint density at radius 2 is 1.88 bits per heavy atom. The maximum atomic E-state index is 13.1. The Labute approximate surface area is 152 Å². The molecule has 1 aliphatic carbocycles. The van der Waals surface area contributed by atoms with Crippen LogP contribution in [0.1, 0.15) is 37.0 Å². The number of carbonyl (C=O) groups excluding carboxylic acids is 2. The van der Waals surface area contributed by atoms with Gasteiger partial charge in [-0.25, -0.2) is 4.79 Å². The van der Waals surface area contributed by atoms with E-state index in [0.29, 0.717) is 6.42 Å². The van der Waals surface area contributed by atoms with Gasteiger partial charge in [-0.3, -0.25) is 4.79 Å². The van der Waals surface area contributed by atoms with Crippen LogP contribution in [0.2, 0.25) is 0 Å². The van der Waals surface area contributed by atoms with E-state index >= 15 is 0 Å². The van der Waals surface area contributed by atoms with Crippen LogP contribution in [-0.2, 0) is 22.6 Å². The highest BCUT2D eigenvalue weighted by molar-refractivity contribution is 5.81. The van der Waals surface area contributed by atoms with Crippen LogP contribution in [0.4, 0.5) is 9.18 Å². The number of ether oxygens (including phenoxy) is 1. The minimum Gasteiger partial charge on any atom is -0.445 e. The molecule has 4 nitrogen and oxygen atoms in total. The van der Waals surface area contributed by atoms with Crippen molar-refractivity contribution in [3.63, 3.8) is 0 Å². The number of hydrogen-bond donors (Lipinski definition) is 1. The molecule has 3 rings (SSSR count). The Balaban J connectivity index is 1.68. The molecule has 0 saturated heterocycles. The number of halogens is 1. The van der Waals surface area contributed by atoms with E-state index in [2.05, 4.69) is 23.5 Å². The van der Waals surface area contributed by atoms with Gasteiger partial charge in [0.2, 0.25) is 0 Å². The summed E-state index contributed by atoms with van der Waals surface area (Å²) in [6.45, 7) is 3.62. The third-order valence-corrected chi connectivity index (χ3v) is 5.04. The summed E-state index contributed by atoms with van der Waals surface area (Å²) in [4.78, 5) is 23.1. The molecule has 1 amide bonds. The maximum absolute atomic E-state index is 13.1. The van der Waals surface area contributed by atoms with Crippen LogP contribution in [-0.4, -0.2) is 18.2 Å². The molecule has 0 unspecified atom stereocenters. The van der Waals surface area contributed by atoms with Gasteiger partial charge >= 0.3 is 12.1 Å². The number of amides is 1. The van der Waals surface area contributed by atoms with Gasteiger partial charge in [-0.15, -0.1) is 0 Å². The van der Waals surface area contributed by atoms with E-state index in [0.717, 1.165) is 23.1 Å². The average Bonchev–Trinajstić information content (AvgIpc) is 3.03. The lowest BCUT2D eigenvalue weighted by Gasteiger charge is -2.19. The molecule has 2 atom stereocenters. The molecule has 0 fully saturated rings. The topological polar surface area (TPSA) is 55.4 Å². The molecule has 2 aromatic rings. The third-order valence-electron chi connectivity index (χ3n) is 5.04. The largest absolute Gasteiger partial charge is 0.445 e. The molecule has 1 N–H and O–H groups in total. The first-order valence-corrected chi connectivity index (χ1v) is 8.83. The van der Waals surface area contributed by atoms with E-state index in [1.807, 2.05) is 31.2 Å². The summed E-state index contributed by atoms with van der Waals surface area (Å²) in [5.41, 5.74) is 5.66. The fourth-order valence-corrected chi connectivity index (χ4v) is 3.33. The van der Waals surface area contributed by atoms with Gasteiger partial charge in [0.1, 0.15) is 12.6 Å². The summed E-state index contributed by atoms with van der Waals surface area (Å²) in [7, 11) is 0. The van der Waals surface area contributed by atoms with E-state index in [-0.39, 0.29) is 12.5 Å². The van der Waals surface area contributed by atoms with Gasteiger partial charge < -0.3 is 10.1 Å². The van der Waals surface area contributed by atoms with Crippen molar-refractivity contribution in [2.75, 3.05) is 0 Å². The van der Waals surface area contributed by atoms with Crippen LogP contribution in [0, 0.1) is 5.92 Å². The minimum atomic E-state index is -1.55. The molecule has 0 spiro atoms. The summed E-state index contributed by atoms with van der Waals surface area (Å²) >= 11 is 0. The van der Waals surface area contributed by atoms with Gasteiger partial charge in [0.05, 0.1) is 0 Å². The van der Waals surface area contributed by atoms with Crippen LogP contribution >= 0.6 is 0 Å². The summed E-state index contributed by atoms with van der Waals surface area (Å²) in [5, 5.41) is 2.34. The second kappa shape index (κ2) is 7.68. The lowest BCUT2D eigenvalue weighted by atomic mass is 10.00. The molecule has 0 aliphatic heterocycles. The quantitative estimate of drug-likeness (QED) is 0.667. The van der Waals surface area contributed by atoms with Crippen LogP contribution in [0.25, 0.3) is 11.1 Å². The first-order chi connectivity index (χ1) is 12.5. The SMILES string of the molecule is CC[C@H](C)[C@H](NC(=O)OCc1cccc2c1Cc1ccccc1-2)C(=O)F. The zero-order valence-corrected chi connectivity index (χ0v) is 14.9. The average molecular weight is 355 g/mol. The normalized spacial score (nSPS) is 14.1. The predicted molar refractivity (Wildman–Crippen MR) is 97.4 cm³/mol. The summed E-state index contributed by atoms with van der Waals surface area (Å²) in [6, 6.07) is 11.4. The van der Waals surface area contributed by atoms with Crippen LogP contribution in [0.15, 0.2) is 42.5 Å². The number of alkyl carbamates (subject to hydrolysis) is 1. The molecule has 0 bridgehead atoms. The lowest BCUT2D eigenvalue weighted by molar-refractivity contribution is -0.132. The molecule has 0 heterocycles. The van der Waals surface area contributed by atoms with Gasteiger partial charge in [-0.05, 0) is 40.2 Å². The van der Waals surface area contributed by atoms with E-state index in [9.17, 15) is 14.0 Å². The van der Waals surface area contributed by atoms with Crippen molar-refractivity contribution in [2.45, 2.75) is 39.3 Å². The molecule has 136 valence electrons. The van der Waals surface area contributed by atoms with Crippen molar-refractivity contribution in [1.82, 2.24) is 5.32 Å². The predicted octanol–water partition coefficient (Wildman–Crippen LogP) is 4.39. The van der Waals surface area contributed by atoms with Crippen molar-refractivity contribution in [3.05, 3.63) is 59.2 Å². The Kier molecular flexibility index (Phi) is 5.35. The highest BCUT2D eigenvalue weighted by Gasteiger charge is 2.27. The highest BCUT2D eigenvalue weighted by Crippen LogP contribution is 2.38. The second-order valence-electron chi connectivity index (χ2n) is 6.66. The fraction of sp³-hybridized carbons (Fsp3) is 0.333. The molecule has 1 aliphatic rings. The van der Waals surface area contributed by atoms with Crippen molar-refractivity contribution >= 4 is 12.1 Å². The van der Waals surface area contributed by atoms with Crippen LogP contribution in [0.3, 0.4) is 0 Å². The molecule has 2 aromatic carbocycles. The maximum Gasteiger partial charge on any atom is 0.408 e. The molecular formula is C21H22FNO3. The Morgan fingerprint density at radius 3 is 2.62 bits per heavy atom. The number of fused-ring (bicyclic) bond motifs is 3. The smallest absolute Gasteiger partial charge is 0.408 e. The van der Waals surface area contributed by atoms with E-state index in [4.69, 9.17) is 4.74 Å². The first kappa shape index (κ1) is 18.1. The summed E-state index contributed by atoms with van der Waals surface area (Å²) in [6.07, 6.45) is 0.588. The second-order valence-corrected chi connectivity index (χ2v) is 6.66. The lowest BCUT2D eigenvalue weighted by Crippen LogP contribution is -2.43. The summed E-state index contributed by atoms with van der Waals surface area (Å²) < 4.78 is 18.4. The molecule has 5 heteroatoms. The van der Waals surface area contributed by atoms with Crippen molar-refractivity contribution in [1.29, 1.82) is 0 Å². The monoisotopic (exact) mass is 355 g/mol. The Bertz CT molecular complexity index is 834. The third kappa shape index (κ3) is 3.62. The van der Waals surface area contributed by atoms with Crippen LogP contribution < -0.4 is 5.32 Å². The Hall–Kier alpha value is -2.69. The first-order valence-electron chi connectivity index (χ1n) is 8.83. The van der Waals surface area contributed by atoms with Gasteiger partial charge in [-0.2, -0.15) is 4.39 Å². The molecule has 0 saturated carbocycles. The van der Waals surface area contributed by atoms with Gasteiger partial charge in [0.25, 0.3) is 0 Å². The summed E-state index contributed by atoms with van der Waals surface area (Å²) in [5.74, 6) is -0.296. The number of rotatable bonds is 6. The Morgan fingerprint density at radius 1 is 1.15 bits per heavy atom. The van der Waals surface area contributed by atoms with Gasteiger partial charge in [-0.1, -0.05) is 62.7 Å². The van der Waals surface area contributed by atoms with E-state index in [1.165, 1.54) is 11.1 Å². The van der Waals surface area contributed by atoms with Gasteiger partial charge in [0.15, 0.2) is 0 Å². The number of nitrogens with one attached hydrogen (secondary N) is 1. The van der Waals surface area contributed by atoms with Crippen molar-refractivity contribution in [3.8, 4) is 11.1 Å². The van der Waals surface area contributed by atoms with Gasteiger partial charge in [0, 0.05) is 0 Å².